The number of sulfonamides is 2. The van der Waals surface area contributed by atoms with Gasteiger partial charge in [-0.15, -0.1) is 23.5 Å². The first-order valence-corrected chi connectivity index (χ1v) is 50.8. The lowest BCUT2D eigenvalue weighted by Gasteiger charge is -2.39. The standard InChI is InChI=1S/2C45H49ClN6O8S3/c1-45(2)13-10-32(39(25-45)30-4-6-33(46)7-5-30)27-50-15-17-51(18-16-50)34-8-9-37(41(22-34)60-35-21-31-11-14-47-43(31)48-26-35)44(53)49-63(58,59)36-23-40(52(54)55)38-20-29(12-19-62(3,56)57)28-61-42(38)24-36;1-45(2)13-10-32(39(25-45)30-4-6-33(46)7-5-30)27-50-15-17-51(18-16-50)34-8-9-37(41(22-34)60-35-21-31-11-14-47-43(31)48-26-35)44(53)49-63(57,58)36-23-40(52(54)55)38-20-29(12-19-59-62(3)56)28-61-42(38)24-36/h2*4-9,11,14,21-24,26,29H,10,12-13,15-20,25,27-28H2,1-3H3,(H,47,48)(H,49,53)/t29-;29-,62?/m11/s1. The Morgan fingerprint density at radius 3 is 1.38 bits per heavy atom. The minimum Gasteiger partial charge on any atom is -0.455 e. The van der Waals surface area contributed by atoms with E-state index in [-0.39, 0.29) is 69.8 Å². The molecule has 126 heavy (non-hydrogen) atoms. The molecule has 6 aromatic carbocycles. The van der Waals surface area contributed by atoms with E-state index in [2.05, 4.69) is 101 Å². The first kappa shape index (κ1) is 91.0. The van der Waals surface area contributed by atoms with Crippen molar-refractivity contribution >= 4 is 155 Å². The van der Waals surface area contributed by atoms with Crippen LogP contribution in [0, 0.1) is 42.9 Å². The molecule has 3 atom stereocenters. The second kappa shape index (κ2) is 38.3. The number of aromatic amines is 2. The van der Waals surface area contributed by atoms with E-state index in [0.29, 0.717) is 101 Å². The molecule has 4 N–H and O–H groups in total. The van der Waals surface area contributed by atoms with Gasteiger partial charge in [0.1, 0.15) is 44.1 Å². The Kier molecular flexibility index (Phi) is 27.7. The van der Waals surface area contributed by atoms with Crippen molar-refractivity contribution in [2.45, 2.75) is 111 Å². The maximum atomic E-state index is 14.0. The molecule has 0 radical (unpaired) electrons. The smallest absolute Gasteiger partial charge is 0.275 e. The number of carbonyl (C=O) groups excluding carboxylic acids is 2. The minimum absolute atomic E-state index is 0.00586. The van der Waals surface area contributed by atoms with Crippen LogP contribution < -0.4 is 28.7 Å². The second-order valence-corrected chi connectivity index (χ2v) is 44.2. The molecule has 2 aliphatic carbocycles. The van der Waals surface area contributed by atoms with Gasteiger partial charge in [-0.25, -0.2) is 48.9 Å². The number of anilines is 2. The van der Waals surface area contributed by atoms with Crippen LogP contribution in [0.5, 0.6) is 23.0 Å². The number of sulfone groups is 1. The quantitative estimate of drug-likeness (QED) is 0.0274. The van der Waals surface area contributed by atoms with Crippen LogP contribution in [-0.2, 0) is 58.0 Å². The predicted octanol–water partition coefficient (Wildman–Crippen LogP) is 17.3. The van der Waals surface area contributed by atoms with Crippen molar-refractivity contribution in [1.29, 1.82) is 0 Å². The summed E-state index contributed by atoms with van der Waals surface area (Å²) in [5.41, 5.74) is 11.4. The number of halogens is 2. The van der Waals surface area contributed by atoms with Gasteiger partial charge < -0.3 is 29.2 Å². The average Bonchev–Trinajstić information content (AvgIpc) is 0.949. The third kappa shape index (κ3) is 22.3. The number of piperazine rings is 2. The molecule has 36 heteroatoms. The van der Waals surface area contributed by atoms with E-state index in [1.54, 1.807) is 54.9 Å². The number of nitrogens with zero attached hydrogens (tertiary/aromatic N) is 8. The van der Waals surface area contributed by atoms with Crippen molar-refractivity contribution in [2.24, 2.45) is 22.7 Å². The summed E-state index contributed by atoms with van der Waals surface area (Å²) >= 11 is 13.6. The Bertz CT molecular complexity index is 6310. The van der Waals surface area contributed by atoms with E-state index in [4.69, 9.17) is 36.9 Å². The van der Waals surface area contributed by atoms with Crippen molar-refractivity contribution in [3.8, 4) is 23.0 Å². The molecular weight excluding hydrogens is 1770 g/mol. The van der Waals surface area contributed by atoms with E-state index in [0.717, 1.165) is 128 Å². The Balaban J connectivity index is 0.000000194. The molecule has 664 valence electrons. The Morgan fingerprint density at radius 1 is 0.571 bits per heavy atom. The SMILES string of the molecule is CC1(C)CCC(CN2CCN(c3ccc(C(=O)NS(=O)(=O)c4cc5c(c([N+](=O)[O-])c4)C[C@@H](CCS(C)(=O)=O)CS5)c(Oc4cnc5[nH]ccc5c4)c3)CC2)=C(c2ccc(Cl)cc2)C1.CS(=O)OCC[C@H]1CSc2cc(S(=O)(=O)NC(=O)c3ccc(N4CCN(CC5=C(c6ccc(Cl)cc6)CC(C)(C)CC5)CC4)cc3Oc3cnc4[nH]ccc4c3)cc([N+](=O)[O-])c2C1. The summed E-state index contributed by atoms with van der Waals surface area (Å²) in [7, 11) is -12.4. The number of carbonyl (C=O) groups is 2. The molecule has 6 aliphatic rings. The third-order valence-corrected chi connectivity index (χ3v) is 31.3. The average molecular weight is 1870 g/mol. The zero-order valence-corrected chi connectivity index (χ0v) is 76.9. The van der Waals surface area contributed by atoms with Crippen LogP contribution >= 0.6 is 46.7 Å². The largest absolute Gasteiger partial charge is 0.455 e. The van der Waals surface area contributed by atoms with E-state index < -0.39 is 78.1 Å². The first-order valence-electron chi connectivity index (χ1n) is 41.6. The van der Waals surface area contributed by atoms with Crippen LogP contribution in [0.3, 0.4) is 0 Å². The second-order valence-electron chi connectivity index (χ2n) is 34.5. The van der Waals surface area contributed by atoms with Gasteiger partial charge in [-0.3, -0.25) is 43.8 Å². The normalized spacial score (nSPS) is 18.4. The molecule has 16 rings (SSSR count). The molecule has 2 saturated heterocycles. The highest BCUT2D eigenvalue weighted by molar-refractivity contribution is 7.99. The number of allylic oxidation sites excluding steroid dienone is 2. The molecule has 4 aromatic heterocycles. The monoisotopic (exact) mass is 1860 g/mol. The maximum Gasteiger partial charge on any atom is 0.275 e. The van der Waals surface area contributed by atoms with Gasteiger partial charge in [0.25, 0.3) is 43.2 Å². The van der Waals surface area contributed by atoms with Gasteiger partial charge in [-0.05, 0) is 194 Å². The van der Waals surface area contributed by atoms with Crippen molar-refractivity contribution < 1.29 is 62.6 Å². The molecule has 4 aliphatic heterocycles. The summed E-state index contributed by atoms with van der Waals surface area (Å²) in [4.78, 5) is 75.6. The third-order valence-electron chi connectivity index (χ3n) is 24.1. The van der Waals surface area contributed by atoms with Crippen molar-refractivity contribution in [2.75, 3.05) is 112 Å². The fraction of sp³-hybridized carbons (Fsp3) is 0.378. The van der Waals surface area contributed by atoms with Crippen molar-refractivity contribution in [3.63, 3.8) is 0 Å². The van der Waals surface area contributed by atoms with E-state index in [1.807, 2.05) is 36.4 Å². The van der Waals surface area contributed by atoms with Gasteiger partial charge in [-0.1, -0.05) is 86.3 Å². The highest BCUT2D eigenvalue weighted by atomic mass is 35.5. The van der Waals surface area contributed by atoms with Gasteiger partial charge in [0.05, 0.1) is 55.5 Å². The summed E-state index contributed by atoms with van der Waals surface area (Å²) in [6.45, 7) is 17.4. The minimum atomic E-state index is -4.62. The van der Waals surface area contributed by atoms with Crippen LogP contribution in [0.2, 0.25) is 10.0 Å². The molecule has 1 unspecified atom stereocenters. The summed E-state index contributed by atoms with van der Waals surface area (Å²) in [5, 5.41) is 27.5. The summed E-state index contributed by atoms with van der Waals surface area (Å²) in [6, 6.07) is 38.2. The topological polar surface area (TPSA) is 362 Å². The maximum absolute atomic E-state index is 14.0. The Morgan fingerprint density at radius 2 is 0.984 bits per heavy atom. The highest BCUT2D eigenvalue weighted by Crippen LogP contribution is 2.48. The van der Waals surface area contributed by atoms with E-state index in [1.165, 1.54) is 93.8 Å². The molecule has 0 saturated carbocycles. The number of nitrogens with one attached hydrogen (secondary N) is 4. The van der Waals surface area contributed by atoms with Crippen LogP contribution in [0.25, 0.3) is 33.2 Å². The number of pyridine rings is 2. The molecule has 10 aromatic rings. The number of benzene rings is 6. The van der Waals surface area contributed by atoms with E-state index in [9.17, 15) is 59.3 Å². The van der Waals surface area contributed by atoms with Gasteiger partial charge in [0, 0.05) is 179 Å². The number of rotatable bonds is 27. The molecule has 28 nitrogen and oxygen atoms in total. The van der Waals surface area contributed by atoms with Crippen LogP contribution in [0.1, 0.15) is 122 Å². The fourth-order valence-electron chi connectivity index (χ4n) is 17.1. The lowest BCUT2D eigenvalue weighted by Crippen LogP contribution is -2.47. The number of aromatic nitrogens is 4. The number of hydrogen-bond donors (Lipinski definition) is 4. The number of H-pyrrole nitrogens is 2. The lowest BCUT2D eigenvalue weighted by atomic mass is 9.72. The molecule has 0 bridgehead atoms. The zero-order chi connectivity index (χ0) is 89.2. The van der Waals surface area contributed by atoms with E-state index >= 15 is 0 Å². The van der Waals surface area contributed by atoms with Gasteiger partial charge in [0.2, 0.25) is 0 Å². The number of hydrogen-bond acceptors (Lipinski definition) is 24. The number of nitro groups is 2. The van der Waals surface area contributed by atoms with Gasteiger partial charge >= 0.3 is 0 Å². The van der Waals surface area contributed by atoms with Crippen LogP contribution in [-0.4, -0.2) is 183 Å². The van der Waals surface area contributed by atoms with Gasteiger partial charge in [0.15, 0.2) is 11.1 Å². The molecule has 8 heterocycles. The van der Waals surface area contributed by atoms with Crippen molar-refractivity contribution in [1.82, 2.24) is 39.2 Å². The van der Waals surface area contributed by atoms with Crippen molar-refractivity contribution in [3.05, 3.63) is 233 Å². The zero-order valence-electron chi connectivity index (χ0n) is 70.5. The summed E-state index contributed by atoms with van der Waals surface area (Å²) in [6.07, 6.45) is 16.9. The molecule has 2 amide bonds. The molecular formula is C90H98Cl2N12O16S6. The Labute approximate surface area is 753 Å². The van der Waals surface area contributed by atoms with Crippen LogP contribution in [0.15, 0.2) is 189 Å². The summed E-state index contributed by atoms with van der Waals surface area (Å²) in [5.74, 6) is -0.199. The summed E-state index contributed by atoms with van der Waals surface area (Å²) < 4.78 is 113. The highest BCUT2D eigenvalue weighted by Gasteiger charge is 2.37. The lowest BCUT2D eigenvalue weighted by molar-refractivity contribution is -0.386. The number of fused-ring (bicyclic) bond motifs is 4. The number of ether oxygens (including phenoxy) is 2. The molecule has 2 fully saturated rings. The first-order chi connectivity index (χ1) is 60.0. The van der Waals surface area contributed by atoms with Gasteiger partial charge in [-0.2, -0.15) is 0 Å². The Hall–Kier alpha value is -9.72. The van der Waals surface area contributed by atoms with Crippen LogP contribution in [0.4, 0.5) is 22.7 Å². The number of nitro benzene ring substituents is 2. The number of amides is 2. The predicted molar refractivity (Wildman–Crippen MR) is 495 cm³/mol. The fourth-order valence-corrected chi connectivity index (χ4v) is 23.2. The molecule has 0 spiro atoms. The number of thioether (sulfide) groups is 2.